The normalized spacial score (nSPS) is 17.9. The van der Waals surface area contributed by atoms with E-state index in [9.17, 15) is 18.4 Å². The Hall–Kier alpha value is -3.59. The molecule has 3 aromatic rings. The van der Waals surface area contributed by atoms with Crippen molar-refractivity contribution >= 4 is 17.5 Å². The SMILES string of the molecule is Cc1ccnc(C)c1-c1ccc(NC(=O)[C@@H](NC(=O)c2ccc3n2CCNC3)C2CCC(F)(F)CC2)cc1. The highest BCUT2D eigenvalue weighted by Gasteiger charge is 2.40. The Kier molecular flexibility index (Phi) is 7.29. The van der Waals surface area contributed by atoms with Crippen molar-refractivity contribution in [2.45, 2.75) is 64.6 Å². The number of anilines is 1. The summed E-state index contributed by atoms with van der Waals surface area (Å²) >= 11 is 0. The van der Waals surface area contributed by atoms with Gasteiger partial charge >= 0.3 is 0 Å². The molecule has 0 bridgehead atoms. The summed E-state index contributed by atoms with van der Waals surface area (Å²) in [5, 5.41) is 9.07. The van der Waals surface area contributed by atoms with E-state index in [2.05, 4.69) is 20.9 Å². The third-order valence-corrected chi connectivity index (χ3v) is 7.71. The number of nitrogens with one attached hydrogen (secondary N) is 3. The summed E-state index contributed by atoms with van der Waals surface area (Å²) in [5.74, 6) is -3.88. The molecule has 7 nitrogen and oxygen atoms in total. The molecule has 5 rings (SSSR count). The molecule has 1 saturated carbocycles. The fourth-order valence-corrected chi connectivity index (χ4v) is 5.61. The minimum Gasteiger partial charge on any atom is -0.339 e. The molecule has 0 saturated heterocycles. The van der Waals surface area contributed by atoms with Crippen LogP contribution in [0.25, 0.3) is 11.1 Å². The van der Waals surface area contributed by atoms with Gasteiger partial charge in [-0.2, -0.15) is 0 Å². The lowest BCUT2D eigenvalue weighted by molar-refractivity contribution is -0.121. The molecule has 1 atom stereocenters. The van der Waals surface area contributed by atoms with Gasteiger partial charge in [0.1, 0.15) is 11.7 Å². The van der Waals surface area contributed by atoms with Crippen LogP contribution in [0.4, 0.5) is 14.5 Å². The number of carbonyl (C=O) groups excluding carboxylic acids is 2. The van der Waals surface area contributed by atoms with E-state index < -0.39 is 17.9 Å². The molecule has 1 aromatic carbocycles. The number of halogens is 2. The number of pyridine rings is 1. The fourth-order valence-electron chi connectivity index (χ4n) is 5.61. The molecule has 38 heavy (non-hydrogen) atoms. The van der Waals surface area contributed by atoms with Gasteiger partial charge in [-0.1, -0.05) is 12.1 Å². The molecule has 0 radical (unpaired) electrons. The summed E-state index contributed by atoms with van der Waals surface area (Å²) in [6.07, 6.45) is 1.53. The van der Waals surface area contributed by atoms with E-state index >= 15 is 0 Å². The number of hydrogen-bond acceptors (Lipinski definition) is 4. The Labute approximate surface area is 221 Å². The summed E-state index contributed by atoms with van der Waals surface area (Å²) in [7, 11) is 0. The van der Waals surface area contributed by atoms with Crippen LogP contribution in [0.5, 0.6) is 0 Å². The maximum Gasteiger partial charge on any atom is 0.268 e. The highest BCUT2D eigenvalue weighted by molar-refractivity contribution is 6.01. The van der Waals surface area contributed by atoms with Gasteiger partial charge in [-0.3, -0.25) is 14.6 Å². The first-order valence-corrected chi connectivity index (χ1v) is 13.1. The lowest BCUT2D eigenvalue weighted by Gasteiger charge is -2.33. The van der Waals surface area contributed by atoms with Crippen LogP contribution in [0.15, 0.2) is 48.7 Å². The van der Waals surface area contributed by atoms with E-state index in [4.69, 9.17) is 0 Å². The van der Waals surface area contributed by atoms with Gasteiger partial charge in [-0.25, -0.2) is 8.78 Å². The zero-order chi connectivity index (χ0) is 26.9. The summed E-state index contributed by atoms with van der Waals surface area (Å²) in [5.41, 5.74) is 6.11. The monoisotopic (exact) mass is 521 g/mol. The highest BCUT2D eigenvalue weighted by atomic mass is 19.3. The van der Waals surface area contributed by atoms with Crippen molar-refractivity contribution in [3.05, 3.63) is 71.3 Å². The predicted molar refractivity (Wildman–Crippen MR) is 142 cm³/mol. The second-order valence-corrected chi connectivity index (χ2v) is 10.3. The van der Waals surface area contributed by atoms with E-state index in [1.807, 2.05) is 54.8 Å². The van der Waals surface area contributed by atoms with Gasteiger partial charge in [-0.05, 0) is 74.1 Å². The summed E-state index contributed by atoms with van der Waals surface area (Å²) in [6, 6.07) is 12.1. The molecule has 1 aliphatic carbocycles. The average Bonchev–Trinajstić information content (AvgIpc) is 3.33. The summed E-state index contributed by atoms with van der Waals surface area (Å²) in [6.45, 7) is 6.05. The van der Waals surface area contributed by atoms with Gasteiger partial charge in [0, 0.05) is 61.3 Å². The maximum absolute atomic E-state index is 13.9. The summed E-state index contributed by atoms with van der Waals surface area (Å²) in [4.78, 5) is 31.2. The number of alkyl halides is 2. The number of aryl methyl sites for hydroxylation is 2. The molecule has 3 heterocycles. The van der Waals surface area contributed by atoms with Crippen LogP contribution >= 0.6 is 0 Å². The minimum atomic E-state index is -2.73. The first-order valence-electron chi connectivity index (χ1n) is 13.1. The molecule has 2 aromatic heterocycles. The Bertz CT molecular complexity index is 1300. The van der Waals surface area contributed by atoms with Crippen molar-refractivity contribution in [1.29, 1.82) is 0 Å². The van der Waals surface area contributed by atoms with Crippen LogP contribution in [0, 0.1) is 19.8 Å². The molecule has 0 unspecified atom stereocenters. The maximum atomic E-state index is 13.9. The topological polar surface area (TPSA) is 88.1 Å². The number of benzene rings is 1. The number of carbonyl (C=O) groups is 2. The number of fused-ring (bicyclic) bond motifs is 1. The van der Waals surface area contributed by atoms with Crippen LogP contribution in [0.1, 0.15) is 53.1 Å². The summed E-state index contributed by atoms with van der Waals surface area (Å²) < 4.78 is 29.7. The van der Waals surface area contributed by atoms with E-state index in [0.717, 1.165) is 34.6 Å². The zero-order valence-electron chi connectivity index (χ0n) is 21.7. The number of hydrogen-bond donors (Lipinski definition) is 3. The van der Waals surface area contributed by atoms with Crippen LogP contribution < -0.4 is 16.0 Å². The van der Waals surface area contributed by atoms with Crippen LogP contribution in [-0.4, -0.2) is 39.9 Å². The predicted octanol–water partition coefficient (Wildman–Crippen LogP) is 4.83. The molecular weight excluding hydrogens is 488 g/mol. The largest absolute Gasteiger partial charge is 0.339 e. The van der Waals surface area contributed by atoms with Gasteiger partial charge in [-0.15, -0.1) is 0 Å². The molecule has 3 N–H and O–H groups in total. The highest BCUT2D eigenvalue weighted by Crippen LogP contribution is 2.38. The van der Waals surface area contributed by atoms with E-state index in [-0.39, 0.29) is 37.5 Å². The van der Waals surface area contributed by atoms with E-state index in [0.29, 0.717) is 24.5 Å². The first kappa shape index (κ1) is 26.0. The smallest absolute Gasteiger partial charge is 0.268 e. The number of amides is 2. The van der Waals surface area contributed by atoms with Crippen molar-refractivity contribution in [3.8, 4) is 11.1 Å². The van der Waals surface area contributed by atoms with Crippen LogP contribution in [0.3, 0.4) is 0 Å². The number of aromatic nitrogens is 2. The van der Waals surface area contributed by atoms with Crippen molar-refractivity contribution in [2.24, 2.45) is 5.92 Å². The molecular formula is C29H33F2N5O2. The van der Waals surface area contributed by atoms with Gasteiger partial charge in [0.05, 0.1) is 0 Å². The van der Waals surface area contributed by atoms with Gasteiger partial charge < -0.3 is 20.5 Å². The van der Waals surface area contributed by atoms with E-state index in [1.165, 1.54) is 0 Å². The van der Waals surface area contributed by atoms with Gasteiger partial charge in [0.25, 0.3) is 5.91 Å². The lowest BCUT2D eigenvalue weighted by Crippen LogP contribution is -2.50. The Morgan fingerprint density at radius 3 is 2.53 bits per heavy atom. The number of rotatable bonds is 6. The Morgan fingerprint density at radius 1 is 1.08 bits per heavy atom. The molecule has 2 amide bonds. The molecule has 1 aliphatic heterocycles. The molecule has 1 fully saturated rings. The molecule has 9 heteroatoms. The van der Waals surface area contributed by atoms with Crippen LogP contribution in [-0.2, 0) is 17.9 Å². The van der Waals surface area contributed by atoms with Crippen LogP contribution in [0.2, 0.25) is 0 Å². The standard InChI is InChI=1S/C29H33F2N5O2/c1-18-11-14-33-19(2)25(18)20-3-5-22(6-4-20)34-28(38)26(21-9-12-29(30,31)13-10-21)35-27(37)24-8-7-23-17-32-15-16-36(23)24/h3-8,11,14,21,26,32H,9-10,12-13,15-17H2,1-2H3,(H,34,38)(H,35,37)/t26-/m0/s1. The van der Waals surface area contributed by atoms with Crippen molar-refractivity contribution in [2.75, 3.05) is 11.9 Å². The third-order valence-electron chi connectivity index (χ3n) is 7.71. The van der Waals surface area contributed by atoms with E-state index in [1.54, 1.807) is 12.3 Å². The third kappa shape index (κ3) is 5.48. The molecule has 2 aliphatic rings. The second kappa shape index (κ2) is 10.6. The molecule has 200 valence electrons. The fraction of sp³-hybridized carbons (Fsp3) is 0.414. The number of nitrogens with zero attached hydrogens (tertiary/aromatic N) is 2. The second-order valence-electron chi connectivity index (χ2n) is 10.3. The van der Waals surface area contributed by atoms with Gasteiger partial charge in [0.15, 0.2) is 0 Å². The average molecular weight is 522 g/mol. The zero-order valence-corrected chi connectivity index (χ0v) is 21.7. The molecule has 0 spiro atoms. The van der Waals surface area contributed by atoms with Crippen molar-refractivity contribution < 1.29 is 18.4 Å². The quantitative estimate of drug-likeness (QED) is 0.434. The minimum absolute atomic E-state index is 0.167. The van der Waals surface area contributed by atoms with Crippen molar-refractivity contribution in [3.63, 3.8) is 0 Å². The Morgan fingerprint density at radius 2 is 1.82 bits per heavy atom. The van der Waals surface area contributed by atoms with Crippen molar-refractivity contribution in [1.82, 2.24) is 20.2 Å². The lowest BCUT2D eigenvalue weighted by atomic mass is 9.81. The van der Waals surface area contributed by atoms with Gasteiger partial charge in [0.2, 0.25) is 11.8 Å². The first-order chi connectivity index (χ1) is 18.2. The Balaban J connectivity index is 1.35.